The summed E-state index contributed by atoms with van der Waals surface area (Å²) in [5, 5.41) is 8.72. The molecule has 1 aliphatic rings. The van der Waals surface area contributed by atoms with Gasteiger partial charge in [0.05, 0.1) is 19.6 Å². The third-order valence-electron chi connectivity index (χ3n) is 2.83. The van der Waals surface area contributed by atoms with Gasteiger partial charge in [-0.3, -0.25) is 4.79 Å². The van der Waals surface area contributed by atoms with E-state index in [-0.39, 0.29) is 12.5 Å². The second-order valence-corrected chi connectivity index (χ2v) is 4.43. The van der Waals surface area contributed by atoms with Gasteiger partial charge in [-0.1, -0.05) is 6.07 Å². The number of methoxy groups -OCH3 is 1. The zero-order valence-corrected chi connectivity index (χ0v) is 10.3. The van der Waals surface area contributed by atoms with E-state index >= 15 is 0 Å². The Bertz CT molecular complexity index is 443. The fourth-order valence-corrected chi connectivity index (χ4v) is 1.68. The van der Waals surface area contributed by atoms with E-state index in [2.05, 4.69) is 0 Å². The second-order valence-electron chi connectivity index (χ2n) is 4.43. The lowest BCUT2D eigenvalue weighted by molar-refractivity contribution is -0.137. The van der Waals surface area contributed by atoms with Gasteiger partial charge in [-0.25, -0.2) is 0 Å². The Morgan fingerprint density at radius 2 is 2.22 bits per heavy atom. The Morgan fingerprint density at radius 3 is 2.78 bits per heavy atom. The first-order valence-corrected chi connectivity index (χ1v) is 5.92. The third-order valence-corrected chi connectivity index (χ3v) is 2.83. The van der Waals surface area contributed by atoms with Crippen molar-refractivity contribution in [2.24, 2.45) is 5.73 Å². The molecule has 5 heteroatoms. The van der Waals surface area contributed by atoms with Crippen LogP contribution in [0.2, 0.25) is 0 Å². The van der Waals surface area contributed by atoms with E-state index in [1.165, 1.54) is 0 Å². The van der Waals surface area contributed by atoms with Crippen LogP contribution in [0.25, 0.3) is 0 Å². The molecule has 5 nitrogen and oxygen atoms in total. The lowest BCUT2D eigenvalue weighted by Crippen LogP contribution is -2.15. The fourth-order valence-electron chi connectivity index (χ4n) is 1.68. The van der Waals surface area contributed by atoms with Crippen LogP contribution >= 0.6 is 0 Å². The Morgan fingerprint density at radius 1 is 1.50 bits per heavy atom. The first-order chi connectivity index (χ1) is 8.60. The van der Waals surface area contributed by atoms with E-state index < -0.39 is 12.0 Å². The minimum absolute atomic E-state index is 0.105. The number of rotatable bonds is 6. The largest absolute Gasteiger partial charge is 0.493 e. The number of ether oxygens (including phenoxy) is 2. The van der Waals surface area contributed by atoms with E-state index in [4.69, 9.17) is 20.3 Å². The first kappa shape index (κ1) is 12.7. The molecule has 1 atom stereocenters. The summed E-state index contributed by atoms with van der Waals surface area (Å²) >= 11 is 0. The predicted molar refractivity (Wildman–Crippen MR) is 65.8 cm³/mol. The fraction of sp³-hybridized carbons (Fsp3) is 0.462. The maximum absolute atomic E-state index is 10.6. The molecule has 2 rings (SSSR count). The molecule has 3 N–H and O–H groups in total. The van der Waals surface area contributed by atoms with Crippen molar-refractivity contribution in [1.29, 1.82) is 0 Å². The predicted octanol–water partition coefficient (Wildman–Crippen LogP) is 1.71. The lowest BCUT2D eigenvalue weighted by atomic mass is 10.0. The molecule has 0 bridgehead atoms. The maximum Gasteiger partial charge on any atom is 0.305 e. The topological polar surface area (TPSA) is 81.8 Å². The lowest BCUT2D eigenvalue weighted by Gasteiger charge is -2.14. The number of aliphatic carboxylic acids is 1. The van der Waals surface area contributed by atoms with Gasteiger partial charge in [0.2, 0.25) is 0 Å². The van der Waals surface area contributed by atoms with Crippen molar-refractivity contribution in [3.8, 4) is 11.5 Å². The standard InChI is InChI=1S/C13H17NO4/c1-17-12-6-8(10(14)7-13(15)16)2-5-11(12)18-9-3-4-9/h2,5-6,9-10H,3-4,7,14H2,1H3,(H,15,16). The molecule has 1 aliphatic carbocycles. The highest BCUT2D eigenvalue weighted by Gasteiger charge is 2.25. The Hall–Kier alpha value is -1.75. The normalized spacial score (nSPS) is 16.1. The minimum Gasteiger partial charge on any atom is -0.493 e. The van der Waals surface area contributed by atoms with Gasteiger partial charge in [-0.05, 0) is 30.5 Å². The molecule has 0 aliphatic heterocycles. The van der Waals surface area contributed by atoms with E-state index in [9.17, 15) is 4.79 Å². The molecule has 18 heavy (non-hydrogen) atoms. The summed E-state index contributed by atoms with van der Waals surface area (Å²) in [7, 11) is 1.56. The molecule has 1 aromatic rings. The van der Waals surface area contributed by atoms with Crippen LogP contribution in [-0.2, 0) is 4.79 Å². The van der Waals surface area contributed by atoms with Crippen molar-refractivity contribution in [3.63, 3.8) is 0 Å². The average Bonchev–Trinajstić information content (AvgIpc) is 3.12. The van der Waals surface area contributed by atoms with Gasteiger partial charge in [0.1, 0.15) is 0 Å². The Balaban J connectivity index is 2.14. The Labute approximate surface area is 106 Å². The van der Waals surface area contributed by atoms with Crippen LogP contribution in [-0.4, -0.2) is 24.3 Å². The van der Waals surface area contributed by atoms with Crippen LogP contribution < -0.4 is 15.2 Å². The number of hydrogen-bond acceptors (Lipinski definition) is 4. The van der Waals surface area contributed by atoms with Crippen molar-refractivity contribution in [1.82, 2.24) is 0 Å². The molecule has 1 saturated carbocycles. The molecule has 1 fully saturated rings. The van der Waals surface area contributed by atoms with Crippen LogP contribution in [0, 0.1) is 0 Å². The molecule has 1 aromatic carbocycles. The highest BCUT2D eigenvalue weighted by Crippen LogP contribution is 2.35. The zero-order valence-electron chi connectivity index (χ0n) is 10.3. The third kappa shape index (κ3) is 3.13. The van der Waals surface area contributed by atoms with Gasteiger partial charge in [0.25, 0.3) is 0 Å². The monoisotopic (exact) mass is 251 g/mol. The minimum atomic E-state index is -0.917. The number of carbonyl (C=O) groups is 1. The number of nitrogens with two attached hydrogens (primary N) is 1. The molecule has 98 valence electrons. The SMILES string of the molecule is COc1cc(C(N)CC(=O)O)ccc1OC1CC1. The highest BCUT2D eigenvalue weighted by atomic mass is 16.5. The summed E-state index contributed by atoms with van der Waals surface area (Å²) in [6.07, 6.45) is 2.33. The van der Waals surface area contributed by atoms with Crippen molar-refractivity contribution in [3.05, 3.63) is 23.8 Å². The van der Waals surface area contributed by atoms with E-state index in [1.54, 1.807) is 25.3 Å². The van der Waals surface area contributed by atoms with Gasteiger partial charge in [-0.2, -0.15) is 0 Å². The van der Waals surface area contributed by atoms with Gasteiger partial charge in [-0.15, -0.1) is 0 Å². The van der Waals surface area contributed by atoms with Crippen LogP contribution in [0.3, 0.4) is 0 Å². The van der Waals surface area contributed by atoms with Crippen LogP contribution in [0.1, 0.15) is 30.9 Å². The van der Waals surface area contributed by atoms with Crippen molar-refractivity contribution in [2.45, 2.75) is 31.4 Å². The van der Waals surface area contributed by atoms with Gasteiger partial charge >= 0.3 is 5.97 Å². The second kappa shape index (κ2) is 5.27. The molecular weight excluding hydrogens is 234 g/mol. The summed E-state index contributed by atoms with van der Waals surface area (Å²) in [6, 6.07) is 4.78. The molecule has 0 saturated heterocycles. The molecule has 0 amide bonds. The average molecular weight is 251 g/mol. The zero-order chi connectivity index (χ0) is 13.1. The molecule has 0 radical (unpaired) electrons. The molecule has 0 spiro atoms. The van der Waals surface area contributed by atoms with Gasteiger partial charge < -0.3 is 20.3 Å². The van der Waals surface area contributed by atoms with Crippen molar-refractivity contribution < 1.29 is 19.4 Å². The summed E-state index contributed by atoms with van der Waals surface area (Å²) in [4.78, 5) is 10.6. The number of carboxylic acids is 1. The molecular formula is C13H17NO4. The highest BCUT2D eigenvalue weighted by molar-refractivity contribution is 5.68. The Kier molecular flexibility index (Phi) is 3.72. The summed E-state index contributed by atoms with van der Waals surface area (Å²) < 4.78 is 10.9. The number of benzene rings is 1. The first-order valence-electron chi connectivity index (χ1n) is 5.92. The van der Waals surface area contributed by atoms with E-state index in [0.717, 1.165) is 18.4 Å². The molecule has 0 aromatic heterocycles. The summed E-state index contributed by atoms with van der Waals surface area (Å²) in [5.74, 6) is 0.367. The van der Waals surface area contributed by atoms with Crippen LogP contribution in [0.4, 0.5) is 0 Å². The van der Waals surface area contributed by atoms with Crippen molar-refractivity contribution in [2.75, 3.05) is 7.11 Å². The van der Waals surface area contributed by atoms with E-state index in [0.29, 0.717) is 11.5 Å². The summed E-state index contributed by atoms with van der Waals surface area (Å²) in [6.45, 7) is 0. The molecule has 1 unspecified atom stereocenters. The van der Waals surface area contributed by atoms with Crippen LogP contribution in [0.15, 0.2) is 18.2 Å². The van der Waals surface area contributed by atoms with E-state index in [1.807, 2.05) is 0 Å². The van der Waals surface area contributed by atoms with Crippen molar-refractivity contribution >= 4 is 5.97 Å². The quantitative estimate of drug-likeness (QED) is 0.804. The smallest absolute Gasteiger partial charge is 0.305 e. The summed E-state index contributed by atoms with van der Waals surface area (Å²) in [5.41, 5.74) is 6.54. The molecule has 0 heterocycles. The van der Waals surface area contributed by atoms with Gasteiger partial charge in [0.15, 0.2) is 11.5 Å². The number of carboxylic acid groups (broad SMARTS) is 1. The van der Waals surface area contributed by atoms with Crippen LogP contribution in [0.5, 0.6) is 11.5 Å². The van der Waals surface area contributed by atoms with Gasteiger partial charge in [0, 0.05) is 6.04 Å². The maximum atomic E-state index is 10.6. The number of hydrogen-bond donors (Lipinski definition) is 2.